The molecule has 33 heteroatoms. The predicted octanol–water partition coefficient (Wildman–Crippen LogP) is -1.53. The van der Waals surface area contributed by atoms with Crippen LogP contribution in [0.4, 0.5) is 13.2 Å². The van der Waals surface area contributed by atoms with Gasteiger partial charge in [-0.3, -0.25) is 9.35 Å². The minimum atomic E-state index is -5.08. The average molecular weight is 1860 g/mol. The van der Waals surface area contributed by atoms with E-state index in [0.717, 1.165) is 121 Å². The van der Waals surface area contributed by atoms with Crippen LogP contribution in [-0.4, -0.2) is 365 Å². The molecule has 3 heterocycles. The monoisotopic (exact) mass is 1860 g/mol. The van der Waals surface area contributed by atoms with Gasteiger partial charge in [-0.15, -0.1) is 0 Å². The Kier molecular flexibility index (Phi) is 82.5. The van der Waals surface area contributed by atoms with Gasteiger partial charge in [-0.25, -0.2) is 14.3 Å². The van der Waals surface area contributed by atoms with Crippen molar-refractivity contribution in [2.45, 2.75) is 152 Å². The second kappa shape index (κ2) is 75.8. The number of carboxylic acids is 2. The number of halogens is 7. The molecule has 0 saturated carbocycles. The van der Waals surface area contributed by atoms with Gasteiger partial charge in [-0.1, -0.05) is 30.3 Å². The van der Waals surface area contributed by atoms with E-state index < -0.39 is 28.2 Å². The van der Waals surface area contributed by atoms with E-state index in [1.54, 1.807) is 42.7 Å². The third-order valence-electron chi connectivity index (χ3n) is 20.7. The van der Waals surface area contributed by atoms with Crippen LogP contribution in [0.3, 0.4) is 0 Å². The summed E-state index contributed by atoms with van der Waals surface area (Å²) < 4.78 is 109. The predicted molar refractivity (Wildman–Crippen MR) is 445 cm³/mol. The maximum Gasteiger partial charge on any atom is 0.490 e. The Morgan fingerprint density at radius 3 is 1.44 bits per heavy atom. The molecule has 0 bridgehead atoms. The molecule has 0 aliphatic carbocycles. The number of nitrogens with zero attached hydrogens (tertiary/aromatic N) is 10. The zero-order valence-corrected chi connectivity index (χ0v) is 80.8. The van der Waals surface area contributed by atoms with E-state index in [9.17, 15) is 26.4 Å². The number of quaternary nitrogens is 5. The van der Waals surface area contributed by atoms with E-state index in [2.05, 4.69) is 170 Å². The van der Waals surface area contributed by atoms with Crippen LogP contribution in [0, 0.1) is 0 Å². The van der Waals surface area contributed by atoms with E-state index in [1.807, 2.05) is 30.6 Å². The molecule has 0 amide bonds. The molecule has 1 unspecified atom stereocenters. The molecule has 3 N–H and O–H groups in total. The molecule has 1 fully saturated rings. The number of carbonyl (C=O) groups is 2. The van der Waals surface area contributed by atoms with E-state index in [0.29, 0.717) is 65.5 Å². The van der Waals surface area contributed by atoms with Gasteiger partial charge >= 0.3 is 18.1 Å². The molecule has 1 aromatic carbocycles. The highest BCUT2D eigenvalue weighted by molar-refractivity contribution is 7.85. The highest BCUT2D eigenvalue weighted by atomic mass is 127. The average Bonchev–Trinajstić information content (AvgIpc) is 0.857. The van der Waals surface area contributed by atoms with Crippen LogP contribution in [0.5, 0.6) is 0 Å². The van der Waals surface area contributed by atoms with Gasteiger partial charge in [0.25, 0.3) is 10.1 Å². The Morgan fingerprint density at radius 2 is 0.966 bits per heavy atom. The molecule has 688 valence electrons. The number of hydrogen-bond acceptors (Lipinski definition) is 16. The molecular formula is C83H163Cl3F3IN10O15S+2. The van der Waals surface area contributed by atoms with Crippen molar-refractivity contribution in [3.8, 4) is 0 Å². The van der Waals surface area contributed by atoms with Crippen molar-refractivity contribution in [1.29, 1.82) is 0 Å². The number of pyridine rings is 2. The lowest BCUT2D eigenvalue weighted by molar-refractivity contribution is -0.945. The van der Waals surface area contributed by atoms with Crippen LogP contribution in [-0.2, 0) is 96.9 Å². The van der Waals surface area contributed by atoms with Gasteiger partial charge in [0.15, 0.2) is 18.9 Å². The molecule has 1 atom stereocenters. The quantitative estimate of drug-likeness (QED) is 0.0192. The van der Waals surface area contributed by atoms with Crippen molar-refractivity contribution in [2.75, 3.05) is 282 Å². The molecule has 1 saturated heterocycles. The number of aromatic nitrogens is 2. The first kappa shape index (κ1) is 126. The zero-order valence-electron chi connectivity index (χ0n) is 75.5. The normalized spacial score (nSPS) is 14.7. The lowest BCUT2D eigenvalue weighted by Gasteiger charge is -2.37. The SMILES string of the molecule is CC[N+](C)(C)CC[N+](C)(C)CCCCCOC.CC[N+](CC)(CC)Cc1ccc(COC)cc1.CC[N+](CC)(CC)Cc1cccc(COC)n1.COCCCCS(=O)(=O)O.COCCC[n+]1ccc(CCC(=O)O)cc1.COCCOCCOCC[N+]1(C)CCCN(C)CCN(C)CCCN(C)CC1.O=C(O)C(F)(F)F.[Cl-].[Cl-].[Cl-].[I-]. The van der Waals surface area contributed by atoms with Crippen LogP contribution in [0.25, 0.3) is 0 Å². The topological polar surface area (TPSA) is 229 Å². The largest absolute Gasteiger partial charge is 1.00 e. The first-order valence-electron chi connectivity index (χ1n) is 40.7. The summed E-state index contributed by atoms with van der Waals surface area (Å²) in [5.74, 6) is -3.68. The van der Waals surface area contributed by atoms with Gasteiger partial charge in [0.1, 0.15) is 32.7 Å². The van der Waals surface area contributed by atoms with Gasteiger partial charge in [-0.05, 0) is 151 Å². The Bertz CT molecular complexity index is 2850. The number of rotatable bonds is 45. The number of likely N-dealkylation sites (N-methyl/N-ethyl adjacent to an activating group) is 6. The molecule has 4 rings (SSSR count). The van der Waals surface area contributed by atoms with Crippen molar-refractivity contribution in [3.05, 3.63) is 95.1 Å². The van der Waals surface area contributed by atoms with Crippen LogP contribution in [0.15, 0.2) is 67.0 Å². The zero-order chi connectivity index (χ0) is 85.4. The maximum absolute atomic E-state index is 10.6. The lowest BCUT2D eigenvalue weighted by Crippen LogP contribution is -3.00. The number of benzene rings is 1. The van der Waals surface area contributed by atoms with E-state index in [1.165, 1.54) is 132 Å². The Hall–Kier alpha value is -2.88. The van der Waals surface area contributed by atoms with E-state index in [4.69, 9.17) is 52.7 Å². The number of carboxylic acid groups (broad SMARTS) is 2. The molecule has 0 spiro atoms. The number of aryl methyl sites for hydroxylation is 2. The summed E-state index contributed by atoms with van der Waals surface area (Å²) in [5.41, 5.74) is 5.93. The number of hydrogen-bond donors (Lipinski definition) is 3. The standard InChI is InChI=1S/C21H47N4O3.C15H26NO.C14H25N2O.C14H34N2O.C12H17NO3.C5H12O4S.C2HF3O2.3ClH.HI/c1-22-8-6-9-24(3)13-15-25(4,14-7-10-23(2)12-11-22)16-17-27-20-21-28-19-18-26-5;1-5-16(6-2,7-3)12-14-8-10-15(11-9-14)13-17-4;1-5-16(6-2,7-3)11-13-9-8-10-14(15-13)12-17-4;1-7-15(2,3)12-13-16(4,5)11-9-8-10-14-17-6;1-16-10-2-7-13-8-5-11(6-9-13)3-4-12(14)15;1-9-4-2-3-5-10(6,7)8;3-2(4,5)1(6)7;;;;/h6-21H2,1-5H3;8-11H,5-7,12-13H2,1-4H3;8-10H,5-7,11-12H2,1-4H3;7-14H2,1-6H3;5-6,8-9H,2-4,7,10H2,1H3;2-5H2,1H3,(H,6,7,8);(H,6,7);4*1H/q3*+1;+2;;;;;;;/p-3. The van der Waals surface area contributed by atoms with Gasteiger partial charge in [0.05, 0.1) is 171 Å². The summed E-state index contributed by atoms with van der Waals surface area (Å²) >= 11 is 0. The van der Waals surface area contributed by atoms with E-state index in [-0.39, 0.29) is 73.4 Å². The number of alkyl halides is 3. The summed E-state index contributed by atoms with van der Waals surface area (Å²) in [4.78, 5) is 31.4. The van der Waals surface area contributed by atoms with Crippen molar-refractivity contribution in [2.24, 2.45) is 0 Å². The van der Waals surface area contributed by atoms with Gasteiger partial charge in [0.2, 0.25) is 0 Å². The molecular weight excluding hydrogens is 1700 g/mol. The minimum Gasteiger partial charge on any atom is -1.00 e. The summed E-state index contributed by atoms with van der Waals surface area (Å²) in [6.45, 7) is 48.4. The molecule has 2 aromatic heterocycles. The third kappa shape index (κ3) is 71.7. The fourth-order valence-electron chi connectivity index (χ4n) is 11.8. The van der Waals surface area contributed by atoms with Crippen LogP contribution >= 0.6 is 0 Å². The van der Waals surface area contributed by atoms with E-state index >= 15 is 0 Å². The Labute approximate surface area is 737 Å². The highest BCUT2D eigenvalue weighted by Crippen LogP contribution is 2.18. The smallest absolute Gasteiger partial charge is 0.490 e. The fraction of sp³-hybridized carbons (Fsp3) is 0.783. The Morgan fingerprint density at radius 1 is 0.517 bits per heavy atom. The van der Waals surface area contributed by atoms with Crippen LogP contribution < -0.4 is 65.8 Å². The molecule has 3 aromatic rings. The fourth-order valence-corrected chi connectivity index (χ4v) is 12.3. The van der Waals surface area contributed by atoms with Gasteiger partial charge in [0, 0.05) is 119 Å². The second-order valence-electron chi connectivity index (χ2n) is 30.7. The van der Waals surface area contributed by atoms with Crippen molar-refractivity contribution < 1.29 is 172 Å². The minimum absolute atomic E-state index is 0. The van der Waals surface area contributed by atoms with Crippen LogP contribution in [0.2, 0.25) is 0 Å². The van der Waals surface area contributed by atoms with Crippen LogP contribution in [0.1, 0.15) is 134 Å². The molecule has 1 aliphatic heterocycles. The number of unbranched alkanes of at least 4 members (excludes halogenated alkanes) is 3. The van der Waals surface area contributed by atoms with Crippen molar-refractivity contribution in [1.82, 2.24) is 19.7 Å². The van der Waals surface area contributed by atoms with Crippen molar-refractivity contribution >= 4 is 22.1 Å². The first-order chi connectivity index (χ1) is 52.9. The highest BCUT2D eigenvalue weighted by Gasteiger charge is 2.38. The summed E-state index contributed by atoms with van der Waals surface area (Å²) in [6, 6.07) is 19.0. The first-order valence-corrected chi connectivity index (χ1v) is 42.3. The number of ether oxygens (including phenoxy) is 8. The lowest BCUT2D eigenvalue weighted by atomic mass is 10.1. The molecule has 116 heavy (non-hydrogen) atoms. The number of methoxy groups -OCH3 is 6. The third-order valence-corrected chi connectivity index (χ3v) is 21.5. The molecule has 25 nitrogen and oxygen atoms in total. The van der Waals surface area contributed by atoms with Gasteiger partial charge < -0.3 is 146 Å². The summed E-state index contributed by atoms with van der Waals surface area (Å²) in [7, 11) is 24.9. The maximum atomic E-state index is 10.6. The molecule has 1 aliphatic rings. The molecule has 0 radical (unpaired) electrons. The number of aliphatic carboxylic acids is 2. The summed E-state index contributed by atoms with van der Waals surface area (Å²) in [5, 5.41) is 15.7. The summed E-state index contributed by atoms with van der Waals surface area (Å²) in [6.07, 6.45) is 8.04. The second-order valence-corrected chi connectivity index (χ2v) is 32.3. The van der Waals surface area contributed by atoms with Crippen molar-refractivity contribution in [3.63, 3.8) is 0 Å². The Balaban J connectivity index is -0.000000245. The van der Waals surface area contributed by atoms with Gasteiger partial charge in [-0.2, -0.15) is 21.6 Å².